The Balaban J connectivity index is 1.24. The van der Waals surface area contributed by atoms with Gasteiger partial charge >= 0.3 is 0 Å². The molecule has 1 aromatic heterocycles. The highest BCUT2D eigenvalue weighted by atomic mass is 32.1. The van der Waals surface area contributed by atoms with Crippen LogP contribution >= 0.6 is 11.3 Å². The summed E-state index contributed by atoms with van der Waals surface area (Å²) in [4.78, 5) is 4.82. The topological polar surface area (TPSA) is 6.48 Å². The zero-order valence-corrected chi connectivity index (χ0v) is 24.3. The molecule has 0 saturated heterocycles. The van der Waals surface area contributed by atoms with Crippen molar-refractivity contribution in [2.75, 3.05) is 9.80 Å². The molecule has 9 rings (SSSR count). The molecule has 0 fully saturated rings. The first-order chi connectivity index (χ1) is 20.6. The van der Waals surface area contributed by atoms with Gasteiger partial charge in [0.05, 0.1) is 22.7 Å². The molecule has 42 heavy (non-hydrogen) atoms. The second kappa shape index (κ2) is 8.58. The molecule has 2 nitrogen and oxygen atoms in total. The third kappa shape index (κ3) is 3.20. The monoisotopic (exact) mass is 556 g/mol. The van der Waals surface area contributed by atoms with Gasteiger partial charge in [0.25, 0.3) is 0 Å². The van der Waals surface area contributed by atoms with Gasteiger partial charge in [0.2, 0.25) is 0 Å². The highest BCUT2D eigenvalue weighted by molar-refractivity contribution is 7.25. The zero-order chi connectivity index (χ0) is 28.0. The molecule has 2 heterocycles. The zero-order valence-electron chi connectivity index (χ0n) is 23.5. The first kappa shape index (κ1) is 23.8. The van der Waals surface area contributed by atoms with Crippen molar-refractivity contribution in [2.24, 2.45) is 0 Å². The fraction of sp³-hybridized carbons (Fsp3) is 0.0769. The molecule has 6 aromatic carbocycles. The van der Waals surface area contributed by atoms with Gasteiger partial charge in [-0.3, -0.25) is 0 Å². The van der Waals surface area contributed by atoms with E-state index in [1.807, 2.05) is 11.3 Å². The minimum atomic E-state index is -0.108. The highest BCUT2D eigenvalue weighted by Crippen LogP contribution is 2.56. The Morgan fingerprint density at radius 3 is 1.71 bits per heavy atom. The standard InChI is InChI=1S/C39H28N2S/c1-39(2)31-22-26(20-21-27(31)29-24-38-30(23-32(29)39)28-14-6-11-19-37(28)42-38)41-35-17-9-7-15-33(35)40(25-12-4-3-5-13-25)34-16-8-10-18-36(34)41/h3-24H,1-2H3. The number of benzene rings is 6. The van der Waals surface area contributed by atoms with Crippen LogP contribution in [0, 0.1) is 0 Å². The lowest BCUT2D eigenvalue weighted by Gasteiger charge is -2.40. The summed E-state index contributed by atoms with van der Waals surface area (Å²) in [6.07, 6.45) is 0. The average Bonchev–Trinajstić information content (AvgIpc) is 3.50. The molecule has 0 spiro atoms. The average molecular weight is 557 g/mol. The van der Waals surface area contributed by atoms with Gasteiger partial charge in [-0.1, -0.05) is 80.6 Å². The summed E-state index contributed by atoms with van der Waals surface area (Å²) < 4.78 is 2.72. The van der Waals surface area contributed by atoms with Gasteiger partial charge in [-0.05, 0) is 89.0 Å². The Morgan fingerprint density at radius 1 is 0.452 bits per heavy atom. The van der Waals surface area contributed by atoms with Gasteiger partial charge < -0.3 is 9.80 Å². The van der Waals surface area contributed by atoms with Crippen molar-refractivity contribution in [3.8, 4) is 11.1 Å². The Kier molecular flexibility index (Phi) is 4.86. The molecule has 1 aliphatic carbocycles. The molecule has 0 atom stereocenters. The van der Waals surface area contributed by atoms with Crippen LogP contribution in [-0.4, -0.2) is 0 Å². The van der Waals surface area contributed by atoms with Crippen LogP contribution in [0.3, 0.4) is 0 Å². The van der Waals surface area contributed by atoms with Crippen molar-refractivity contribution in [1.82, 2.24) is 0 Å². The molecule has 0 saturated carbocycles. The number of anilines is 6. The predicted octanol–water partition coefficient (Wildman–Crippen LogP) is 11.6. The van der Waals surface area contributed by atoms with Gasteiger partial charge in [0.1, 0.15) is 0 Å². The van der Waals surface area contributed by atoms with E-state index >= 15 is 0 Å². The highest BCUT2D eigenvalue weighted by Gasteiger charge is 2.38. The summed E-state index contributed by atoms with van der Waals surface area (Å²) in [6, 6.07) is 49.0. The molecule has 1 aliphatic heterocycles. The van der Waals surface area contributed by atoms with Gasteiger partial charge in [0.15, 0.2) is 0 Å². The minimum absolute atomic E-state index is 0.108. The molecular formula is C39H28N2S. The van der Waals surface area contributed by atoms with E-state index in [0.29, 0.717) is 0 Å². The molecule has 0 bridgehead atoms. The van der Waals surface area contributed by atoms with Crippen molar-refractivity contribution >= 4 is 65.6 Å². The maximum Gasteiger partial charge on any atom is 0.0703 e. The largest absolute Gasteiger partial charge is 0.306 e. The third-order valence-electron chi connectivity index (χ3n) is 9.16. The molecular weight excluding hydrogens is 529 g/mol. The first-order valence-corrected chi connectivity index (χ1v) is 15.4. The van der Waals surface area contributed by atoms with E-state index in [4.69, 9.17) is 0 Å². The molecule has 7 aromatic rings. The van der Waals surface area contributed by atoms with E-state index in [1.54, 1.807) is 0 Å². The fourth-order valence-corrected chi connectivity index (χ4v) is 8.28. The molecule has 200 valence electrons. The quantitative estimate of drug-likeness (QED) is 0.209. The van der Waals surface area contributed by atoms with Crippen LogP contribution in [0.5, 0.6) is 0 Å². The SMILES string of the molecule is CC1(C)c2cc(N3c4ccccc4N(c4ccccc4)c4ccccc43)ccc2-c2cc3sc4ccccc4c3cc21. The molecule has 3 heteroatoms. The summed E-state index contributed by atoms with van der Waals surface area (Å²) in [5.74, 6) is 0. The van der Waals surface area contributed by atoms with Gasteiger partial charge in [-0.2, -0.15) is 0 Å². The summed E-state index contributed by atoms with van der Waals surface area (Å²) in [6.45, 7) is 4.77. The van der Waals surface area contributed by atoms with Crippen LogP contribution in [0.25, 0.3) is 31.3 Å². The molecule has 0 N–H and O–H groups in total. The van der Waals surface area contributed by atoms with E-state index in [1.165, 1.54) is 70.9 Å². The molecule has 2 aliphatic rings. The van der Waals surface area contributed by atoms with Gasteiger partial charge in [-0.25, -0.2) is 0 Å². The number of hydrogen-bond acceptors (Lipinski definition) is 3. The van der Waals surface area contributed by atoms with E-state index < -0.39 is 0 Å². The van der Waals surface area contributed by atoms with E-state index in [2.05, 4.69) is 157 Å². The van der Waals surface area contributed by atoms with Crippen molar-refractivity contribution in [3.63, 3.8) is 0 Å². The van der Waals surface area contributed by atoms with Crippen molar-refractivity contribution in [2.45, 2.75) is 19.3 Å². The van der Waals surface area contributed by atoms with Crippen molar-refractivity contribution in [1.29, 1.82) is 0 Å². The lowest BCUT2D eigenvalue weighted by atomic mass is 9.82. The number of fused-ring (bicyclic) bond motifs is 8. The minimum Gasteiger partial charge on any atom is -0.306 e. The molecule has 0 amide bonds. The number of thiophene rings is 1. The second-order valence-electron chi connectivity index (χ2n) is 11.8. The van der Waals surface area contributed by atoms with Crippen LogP contribution in [0.2, 0.25) is 0 Å². The second-order valence-corrected chi connectivity index (χ2v) is 12.9. The van der Waals surface area contributed by atoms with E-state index in [9.17, 15) is 0 Å². The Bertz CT molecular complexity index is 2140. The number of nitrogens with zero attached hydrogens (tertiary/aromatic N) is 2. The normalized spacial score (nSPS) is 14.5. The van der Waals surface area contributed by atoms with Crippen molar-refractivity contribution in [3.05, 3.63) is 145 Å². The summed E-state index contributed by atoms with van der Waals surface area (Å²) in [5, 5.41) is 2.73. The lowest BCUT2D eigenvalue weighted by molar-refractivity contribution is 0.661. The first-order valence-electron chi connectivity index (χ1n) is 14.5. The smallest absolute Gasteiger partial charge is 0.0703 e. The third-order valence-corrected chi connectivity index (χ3v) is 10.3. The molecule has 0 unspecified atom stereocenters. The maximum atomic E-state index is 2.46. The predicted molar refractivity (Wildman–Crippen MR) is 180 cm³/mol. The summed E-state index contributed by atoms with van der Waals surface area (Å²) >= 11 is 1.90. The lowest BCUT2D eigenvalue weighted by Crippen LogP contribution is -2.24. The Labute approximate surface area is 249 Å². The number of hydrogen-bond donors (Lipinski definition) is 0. The van der Waals surface area contributed by atoms with E-state index in [0.717, 1.165) is 5.69 Å². The van der Waals surface area contributed by atoms with Crippen LogP contribution in [0.15, 0.2) is 133 Å². The van der Waals surface area contributed by atoms with Crippen LogP contribution in [0.1, 0.15) is 25.0 Å². The molecule has 0 radical (unpaired) electrons. The fourth-order valence-electron chi connectivity index (χ4n) is 7.16. The Morgan fingerprint density at radius 2 is 1.02 bits per heavy atom. The van der Waals surface area contributed by atoms with Crippen molar-refractivity contribution < 1.29 is 0 Å². The summed E-state index contributed by atoms with van der Waals surface area (Å²) in [7, 11) is 0. The number of para-hydroxylation sites is 5. The van der Waals surface area contributed by atoms with Crippen LogP contribution < -0.4 is 9.80 Å². The van der Waals surface area contributed by atoms with Crippen LogP contribution in [-0.2, 0) is 5.41 Å². The van der Waals surface area contributed by atoms with E-state index in [-0.39, 0.29) is 5.41 Å². The number of rotatable bonds is 2. The van der Waals surface area contributed by atoms with Gasteiger partial charge in [-0.15, -0.1) is 11.3 Å². The Hall–Kier alpha value is -4.86. The van der Waals surface area contributed by atoms with Gasteiger partial charge in [0, 0.05) is 37.0 Å². The maximum absolute atomic E-state index is 2.46. The van der Waals surface area contributed by atoms with Crippen LogP contribution in [0.4, 0.5) is 34.1 Å². The summed E-state index contributed by atoms with van der Waals surface area (Å²) in [5.41, 5.74) is 12.5.